The molecule has 0 bridgehead atoms. The molecule has 0 aromatic carbocycles. The highest BCUT2D eigenvalue weighted by Crippen LogP contribution is 1.89. The van der Waals surface area contributed by atoms with Gasteiger partial charge in [0.25, 0.3) is 5.91 Å². The Bertz CT molecular complexity index is 122. The smallest absolute Gasteiger partial charge is 0.267 e. The van der Waals surface area contributed by atoms with Crippen LogP contribution < -0.4 is 0 Å². The van der Waals surface area contributed by atoms with E-state index in [1.54, 1.807) is 0 Å². The molecule has 0 atom stereocenters. The van der Waals surface area contributed by atoms with Crippen molar-refractivity contribution in [3.05, 3.63) is 25.4 Å². The molecule has 0 spiro atoms. The zero-order chi connectivity index (χ0) is 6.57. The van der Waals surface area contributed by atoms with Crippen molar-refractivity contribution in [1.82, 2.24) is 5.12 Å². The van der Waals surface area contributed by atoms with Crippen LogP contribution in [0.25, 0.3) is 0 Å². The summed E-state index contributed by atoms with van der Waals surface area (Å²) < 4.78 is 11.8. The van der Waals surface area contributed by atoms with Gasteiger partial charge in [-0.15, -0.1) is 5.12 Å². The second-order valence-corrected chi connectivity index (χ2v) is 1.04. The fourth-order valence-corrected chi connectivity index (χ4v) is 0.177. The second-order valence-electron chi connectivity index (χ2n) is 1.04. The number of amides is 1. The molecule has 0 unspecified atom stereocenters. The van der Waals surface area contributed by atoms with Gasteiger partial charge in [-0.2, -0.15) is 0 Å². The highest BCUT2D eigenvalue weighted by molar-refractivity contribution is 5.86. The molecular weight excluding hydrogens is 109 g/mol. The molecule has 3 heteroatoms. The van der Waals surface area contributed by atoms with Crippen molar-refractivity contribution in [2.45, 2.75) is 0 Å². The van der Waals surface area contributed by atoms with E-state index in [1.165, 1.54) is 0 Å². The summed E-state index contributed by atoms with van der Waals surface area (Å²) in [5, 5.41) is -0.146. The van der Waals surface area contributed by atoms with Crippen LogP contribution >= 0.6 is 0 Å². The molecule has 0 aliphatic carbocycles. The van der Waals surface area contributed by atoms with Crippen LogP contribution in [-0.4, -0.2) is 11.0 Å². The predicted molar refractivity (Wildman–Crippen MR) is 28.3 cm³/mol. The first-order valence-electron chi connectivity index (χ1n) is 1.96. The SMILES string of the molecule is C=CC(=O)N(F)C=C. The second kappa shape index (κ2) is 2.96. The van der Waals surface area contributed by atoms with E-state index in [0.717, 1.165) is 12.3 Å². The van der Waals surface area contributed by atoms with Crippen LogP contribution in [0.4, 0.5) is 4.48 Å². The maximum Gasteiger partial charge on any atom is 0.277 e. The van der Waals surface area contributed by atoms with Crippen molar-refractivity contribution in [3.8, 4) is 0 Å². The third-order valence-electron chi connectivity index (χ3n) is 0.545. The minimum absolute atomic E-state index is 0.146. The van der Waals surface area contributed by atoms with E-state index in [0.29, 0.717) is 0 Å². The van der Waals surface area contributed by atoms with Gasteiger partial charge in [-0.3, -0.25) is 4.79 Å². The molecule has 0 aromatic rings. The predicted octanol–water partition coefficient (Wildman–Crippen LogP) is 1.03. The average Bonchev–Trinajstić information content (AvgIpc) is 1.84. The lowest BCUT2D eigenvalue weighted by Gasteiger charge is -1.98. The van der Waals surface area contributed by atoms with Gasteiger partial charge in [-0.1, -0.05) is 17.6 Å². The topological polar surface area (TPSA) is 20.3 Å². The summed E-state index contributed by atoms with van der Waals surface area (Å²) in [6.07, 6.45) is 1.63. The molecule has 0 aliphatic rings. The molecule has 2 nitrogen and oxygen atoms in total. The van der Waals surface area contributed by atoms with Crippen LogP contribution in [0.1, 0.15) is 0 Å². The van der Waals surface area contributed by atoms with Crippen molar-refractivity contribution in [1.29, 1.82) is 0 Å². The third-order valence-corrected chi connectivity index (χ3v) is 0.545. The third kappa shape index (κ3) is 1.55. The fourth-order valence-electron chi connectivity index (χ4n) is 0.177. The Labute approximate surface area is 46.8 Å². The van der Waals surface area contributed by atoms with E-state index in [-0.39, 0.29) is 5.12 Å². The quantitative estimate of drug-likeness (QED) is 0.388. The van der Waals surface area contributed by atoms with Crippen LogP contribution in [-0.2, 0) is 4.79 Å². The summed E-state index contributed by atoms with van der Waals surface area (Å²) in [4.78, 5) is 10.1. The first kappa shape index (κ1) is 6.88. The molecule has 0 radical (unpaired) electrons. The molecule has 0 aromatic heterocycles. The Balaban J connectivity index is 3.80. The molecule has 0 aliphatic heterocycles. The highest BCUT2D eigenvalue weighted by Gasteiger charge is 2.00. The molecule has 0 fully saturated rings. The van der Waals surface area contributed by atoms with Crippen LogP contribution in [0, 0.1) is 0 Å². The molecule has 1 amide bonds. The molecule has 44 valence electrons. The van der Waals surface area contributed by atoms with Crippen LogP contribution in [0.15, 0.2) is 25.4 Å². The maximum absolute atomic E-state index is 11.8. The summed E-state index contributed by atoms with van der Waals surface area (Å²) in [6.45, 7) is 6.06. The first-order chi connectivity index (χ1) is 3.72. The van der Waals surface area contributed by atoms with Gasteiger partial charge in [0.05, 0.1) is 0 Å². The monoisotopic (exact) mass is 115 g/mol. The van der Waals surface area contributed by atoms with Gasteiger partial charge >= 0.3 is 0 Å². The Morgan fingerprint density at radius 3 is 2.25 bits per heavy atom. The summed E-state index contributed by atoms with van der Waals surface area (Å²) in [6, 6.07) is 0. The van der Waals surface area contributed by atoms with E-state index in [9.17, 15) is 9.28 Å². The van der Waals surface area contributed by atoms with Crippen molar-refractivity contribution in [3.63, 3.8) is 0 Å². The lowest BCUT2D eigenvalue weighted by molar-refractivity contribution is -0.134. The largest absolute Gasteiger partial charge is 0.277 e. The summed E-state index contributed by atoms with van der Waals surface area (Å²) >= 11 is 0. The number of hydrogen-bond donors (Lipinski definition) is 0. The number of halogens is 1. The van der Waals surface area contributed by atoms with Gasteiger partial charge in [-0.25, -0.2) is 0 Å². The van der Waals surface area contributed by atoms with Gasteiger partial charge < -0.3 is 0 Å². The minimum Gasteiger partial charge on any atom is -0.267 e. The van der Waals surface area contributed by atoms with E-state index >= 15 is 0 Å². The lowest BCUT2D eigenvalue weighted by atomic mass is 10.6. The molecule has 0 saturated heterocycles. The molecule has 0 rings (SSSR count). The van der Waals surface area contributed by atoms with Crippen molar-refractivity contribution in [2.75, 3.05) is 0 Å². The van der Waals surface area contributed by atoms with Crippen LogP contribution in [0.5, 0.6) is 0 Å². The molecule has 0 saturated carbocycles. The van der Waals surface area contributed by atoms with Gasteiger partial charge in [0.15, 0.2) is 0 Å². The van der Waals surface area contributed by atoms with Gasteiger partial charge in [0, 0.05) is 6.20 Å². The highest BCUT2D eigenvalue weighted by atomic mass is 19.2. The van der Waals surface area contributed by atoms with E-state index in [4.69, 9.17) is 0 Å². The molecule has 0 N–H and O–H groups in total. The summed E-state index contributed by atoms with van der Waals surface area (Å²) in [7, 11) is 0. The number of hydrogen-bond acceptors (Lipinski definition) is 1. The summed E-state index contributed by atoms with van der Waals surface area (Å²) in [5.41, 5.74) is 0. The normalized spacial score (nSPS) is 7.62. The van der Waals surface area contributed by atoms with E-state index in [1.807, 2.05) is 0 Å². The first-order valence-corrected chi connectivity index (χ1v) is 1.96. The summed E-state index contributed by atoms with van der Waals surface area (Å²) in [5.74, 6) is -0.806. The molecule has 8 heavy (non-hydrogen) atoms. The minimum atomic E-state index is -0.806. The Kier molecular flexibility index (Phi) is 2.54. The lowest BCUT2D eigenvalue weighted by Crippen LogP contribution is -2.11. The van der Waals surface area contributed by atoms with Crippen molar-refractivity contribution in [2.24, 2.45) is 0 Å². The molecular formula is C5H6FNO. The van der Waals surface area contributed by atoms with E-state index < -0.39 is 5.91 Å². The van der Waals surface area contributed by atoms with E-state index in [2.05, 4.69) is 13.2 Å². The number of carbonyl (C=O) groups excluding carboxylic acids is 1. The number of carbonyl (C=O) groups is 1. The zero-order valence-electron chi connectivity index (χ0n) is 4.30. The Morgan fingerprint density at radius 1 is 1.62 bits per heavy atom. The fraction of sp³-hybridized carbons (Fsp3) is 0. The number of rotatable bonds is 2. The van der Waals surface area contributed by atoms with Gasteiger partial charge in [0.2, 0.25) is 0 Å². The van der Waals surface area contributed by atoms with Crippen molar-refractivity contribution >= 4 is 5.91 Å². The maximum atomic E-state index is 11.8. The standard InChI is InChI=1S/C5H6FNO/c1-3-5(8)7(6)4-2/h3-4H,1-2H2. The Morgan fingerprint density at radius 2 is 2.12 bits per heavy atom. The number of nitrogens with zero attached hydrogens (tertiary/aromatic N) is 1. The van der Waals surface area contributed by atoms with Gasteiger partial charge in [-0.05, 0) is 6.08 Å². The van der Waals surface area contributed by atoms with Gasteiger partial charge in [0.1, 0.15) is 0 Å². The van der Waals surface area contributed by atoms with Crippen molar-refractivity contribution < 1.29 is 9.28 Å². The molecule has 0 heterocycles. The Hall–Kier alpha value is -1.12. The average molecular weight is 115 g/mol. The van der Waals surface area contributed by atoms with Crippen LogP contribution in [0.2, 0.25) is 0 Å². The zero-order valence-corrected chi connectivity index (χ0v) is 4.30. The van der Waals surface area contributed by atoms with Crippen LogP contribution in [0.3, 0.4) is 0 Å².